The van der Waals surface area contributed by atoms with Crippen LogP contribution in [0.5, 0.6) is 0 Å². The molecule has 3 N–H and O–H groups in total. The summed E-state index contributed by atoms with van der Waals surface area (Å²) in [4.78, 5) is 4.13. The van der Waals surface area contributed by atoms with Crippen LogP contribution in [-0.2, 0) is 10.0 Å². The van der Waals surface area contributed by atoms with Gasteiger partial charge in [-0.2, -0.15) is 4.31 Å². The van der Waals surface area contributed by atoms with Crippen molar-refractivity contribution in [2.45, 2.75) is 30.7 Å². The van der Waals surface area contributed by atoms with Gasteiger partial charge in [-0.15, -0.1) is 0 Å². The summed E-state index contributed by atoms with van der Waals surface area (Å²) in [5.74, 6) is 5.62. The molecular weight excluding hydrogens is 240 g/mol. The van der Waals surface area contributed by atoms with E-state index in [1.54, 1.807) is 6.07 Å². The Bertz CT molecular complexity index is 482. The van der Waals surface area contributed by atoms with Crippen molar-refractivity contribution >= 4 is 15.8 Å². The minimum absolute atomic E-state index is 0.164. The number of sulfonamides is 1. The van der Waals surface area contributed by atoms with E-state index in [9.17, 15) is 8.42 Å². The maximum atomic E-state index is 12.3. The number of anilines is 1. The molecule has 17 heavy (non-hydrogen) atoms. The number of nitrogens with one attached hydrogen (secondary N) is 1. The average molecular weight is 256 g/mol. The highest BCUT2D eigenvalue weighted by atomic mass is 32.2. The first-order valence-corrected chi connectivity index (χ1v) is 6.98. The molecule has 0 saturated heterocycles. The van der Waals surface area contributed by atoms with Gasteiger partial charge in [-0.25, -0.2) is 19.2 Å². The summed E-state index contributed by atoms with van der Waals surface area (Å²) in [6, 6.07) is 3.23. The van der Waals surface area contributed by atoms with Gasteiger partial charge in [0.25, 0.3) is 0 Å². The van der Waals surface area contributed by atoms with Crippen molar-refractivity contribution in [1.82, 2.24) is 9.29 Å². The lowest BCUT2D eigenvalue weighted by molar-refractivity contribution is 0.421. The zero-order valence-corrected chi connectivity index (χ0v) is 10.4. The quantitative estimate of drug-likeness (QED) is 0.593. The number of nitrogens with two attached hydrogens (primary N) is 1. The Balaban J connectivity index is 2.29. The second kappa shape index (κ2) is 4.59. The Morgan fingerprint density at radius 2 is 2.24 bits per heavy atom. The van der Waals surface area contributed by atoms with Crippen LogP contribution < -0.4 is 11.3 Å². The van der Waals surface area contributed by atoms with Gasteiger partial charge in [-0.05, 0) is 25.0 Å². The SMILES string of the molecule is CCN(C1CC1)S(=O)(=O)c1ccc(NN)nc1. The van der Waals surface area contributed by atoms with Crippen LogP contribution in [0, 0.1) is 0 Å². The number of hydrazine groups is 1. The van der Waals surface area contributed by atoms with Gasteiger partial charge in [-0.3, -0.25) is 0 Å². The van der Waals surface area contributed by atoms with E-state index in [0.29, 0.717) is 12.4 Å². The molecule has 94 valence electrons. The summed E-state index contributed by atoms with van der Waals surface area (Å²) in [5, 5.41) is 0. The molecule has 1 aromatic heterocycles. The van der Waals surface area contributed by atoms with E-state index < -0.39 is 10.0 Å². The highest BCUT2D eigenvalue weighted by Gasteiger charge is 2.36. The van der Waals surface area contributed by atoms with Gasteiger partial charge in [0.15, 0.2) is 0 Å². The Morgan fingerprint density at radius 3 is 2.65 bits per heavy atom. The second-order valence-corrected chi connectivity index (χ2v) is 5.85. The smallest absolute Gasteiger partial charge is 0.244 e. The molecule has 0 radical (unpaired) electrons. The van der Waals surface area contributed by atoms with E-state index in [-0.39, 0.29) is 10.9 Å². The number of hydrogen-bond donors (Lipinski definition) is 2. The third kappa shape index (κ3) is 2.41. The summed E-state index contributed by atoms with van der Waals surface area (Å²) in [7, 11) is -3.41. The molecule has 1 aliphatic carbocycles. The molecule has 7 heteroatoms. The predicted octanol–water partition coefficient (Wildman–Crippen LogP) is 0.540. The third-order valence-electron chi connectivity index (χ3n) is 2.76. The first kappa shape index (κ1) is 12.3. The highest BCUT2D eigenvalue weighted by Crippen LogP contribution is 2.31. The summed E-state index contributed by atoms with van der Waals surface area (Å²) in [5.41, 5.74) is 2.36. The van der Waals surface area contributed by atoms with E-state index in [0.717, 1.165) is 12.8 Å². The fourth-order valence-corrected chi connectivity index (χ4v) is 3.38. The summed E-state index contributed by atoms with van der Waals surface area (Å²) < 4.78 is 26.1. The first-order chi connectivity index (χ1) is 8.09. The monoisotopic (exact) mass is 256 g/mol. The fourth-order valence-electron chi connectivity index (χ4n) is 1.74. The van der Waals surface area contributed by atoms with Crippen molar-refractivity contribution in [2.75, 3.05) is 12.0 Å². The summed E-state index contributed by atoms with van der Waals surface area (Å²) >= 11 is 0. The van der Waals surface area contributed by atoms with Gasteiger partial charge < -0.3 is 5.43 Å². The molecule has 1 aliphatic rings. The van der Waals surface area contributed by atoms with Gasteiger partial charge in [0.2, 0.25) is 10.0 Å². The van der Waals surface area contributed by atoms with Crippen molar-refractivity contribution in [3.8, 4) is 0 Å². The molecule has 0 amide bonds. The van der Waals surface area contributed by atoms with Crippen LogP contribution in [0.4, 0.5) is 5.82 Å². The number of aromatic nitrogens is 1. The largest absolute Gasteiger partial charge is 0.308 e. The molecule has 0 spiro atoms. The van der Waals surface area contributed by atoms with Crippen molar-refractivity contribution in [1.29, 1.82) is 0 Å². The Labute approximate surface area is 101 Å². The van der Waals surface area contributed by atoms with Gasteiger partial charge in [0.05, 0.1) is 0 Å². The maximum Gasteiger partial charge on any atom is 0.244 e. The van der Waals surface area contributed by atoms with Gasteiger partial charge in [0, 0.05) is 18.8 Å². The van der Waals surface area contributed by atoms with E-state index in [1.807, 2.05) is 6.92 Å². The maximum absolute atomic E-state index is 12.3. The molecule has 0 bridgehead atoms. The minimum atomic E-state index is -3.41. The Hall–Kier alpha value is -1.18. The van der Waals surface area contributed by atoms with E-state index >= 15 is 0 Å². The molecule has 1 aromatic rings. The molecule has 0 atom stereocenters. The summed E-state index contributed by atoms with van der Waals surface area (Å²) in [6.07, 6.45) is 3.22. The minimum Gasteiger partial charge on any atom is -0.308 e. The number of pyridine rings is 1. The molecule has 1 heterocycles. The lowest BCUT2D eigenvalue weighted by atomic mass is 10.5. The highest BCUT2D eigenvalue weighted by molar-refractivity contribution is 7.89. The summed E-state index contributed by atoms with van der Waals surface area (Å²) in [6.45, 7) is 2.34. The van der Waals surface area contributed by atoms with Crippen molar-refractivity contribution in [3.05, 3.63) is 18.3 Å². The number of nitrogens with zero attached hydrogens (tertiary/aromatic N) is 2. The predicted molar refractivity (Wildman–Crippen MR) is 64.6 cm³/mol. The van der Waals surface area contributed by atoms with E-state index in [1.165, 1.54) is 16.6 Å². The number of nitrogen functional groups attached to an aromatic ring is 1. The Kier molecular flexibility index (Phi) is 3.32. The van der Waals surface area contributed by atoms with E-state index in [2.05, 4.69) is 10.4 Å². The zero-order chi connectivity index (χ0) is 12.5. The van der Waals surface area contributed by atoms with Gasteiger partial charge in [-0.1, -0.05) is 6.92 Å². The van der Waals surface area contributed by atoms with Crippen molar-refractivity contribution in [3.63, 3.8) is 0 Å². The van der Waals surface area contributed by atoms with Crippen LogP contribution in [0.25, 0.3) is 0 Å². The molecule has 0 aromatic carbocycles. The normalized spacial score (nSPS) is 16.2. The molecule has 1 saturated carbocycles. The van der Waals surface area contributed by atoms with Crippen LogP contribution in [0.3, 0.4) is 0 Å². The lowest BCUT2D eigenvalue weighted by Crippen LogP contribution is -2.33. The molecule has 0 unspecified atom stereocenters. The van der Waals surface area contributed by atoms with Crippen molar-refractivity contribution < 1.29 is 8.42 Å². The molecule has 2 rings (SSSR count). The number of rotatable bonds is 5. The second-order valence-electron chi connectivity index (χ2n) is 3.96. The topological polar surface area (TPSA) is 88.3 Å². The molecular formula is C10H16N4O2S. The lowest BCUT2D eigenvalue weighted by Gasteiger charge is -2.19. The third-order valence-corrected chi connectivity index (χ3v) is 4.77. The average Bonchev–Trinajstić information content (AvgIpc) is 3.14. The van der Waals surface area contributed by atoms with Crippen molar-refractivity contribution in [2.24, 2.45) is 5.84 Å². The van der Waals surface area contributed by atoms with Crippen LogP contribution in [0.1, 0.15) is 19.8 Å². The number of hydrogen-bond acceptors (Lipinski definition) is 5. The van der Waals surface area contributed by atoms with Gasteiger partial charge >= 0.3 is 0 Å². The standard InChI is InChI=1S/C10H16N4O2S/c1-2-14(8-3-4-8)17(15,16)9-5-6-10(13-11)12-7-9/h5-8H,2-4,11H2,1H3,(H,12,13). The van der Waals surface area contributed by atoms with Crippen LogP contribution in [-0.4, -0.2) is 30.3 Å². The molecule has 6 nitrogen and oxygen atoms in total. The van der Waals surface area contributed by atoms with E-state index in [4.69, 9.17) is 5.84 Å². The zero-order valence-electron chi connectivity index (χ0n) is 9.63. The fraction of sp³-hybridized carbons (Fsp3) is 0.500. The van der Waals surface area contributed by atoms with Crippen LogP contribution in [0.15, 0.2) is 23.2 Å². The van der Waals surface area contributed by atoms with Crippen LogP contribution >= 0.6 is 0 Å². The van der Waals surface area contributed by atoms with Crippen LogP contribution in [0.2, 0.25) is 0 Å². The molecule has 1 fully saturated rings. The molecule has 0 aliphatic heterocycles. The Morgan fingerprint density at radius 1 is 1.53 bits per heavy atom. The van der Waals surface area contributed by atoms with Gasteiger partial charge in [0.1, 0.15) is 10.7 Å². The first-order valence-electron chi connectivity index (χ1n) is 5.54.